The van der Waals surface area contributed by atoms with Crippen LogP contribution < -0.4 is 0 Å². The molecule has 35 heavy (non-hydrogen) atoms. The minimum Gasteiger partial charge on any atom is -0.346 e. The highest BCUT2D eigenvalue weighted by molar-refractivity contribution is 5.92. The molecule has 0 spiro atoms. The number of nitriles is 1. The van der Waals surface area contributed by atoms with Crippen LogP contribution in [0.3, 0.4) is 0 Å². The summed E-state index contributed by atoms with van der Waals surface area (Å²) in [5.41, 5.74) is 2.64. The van der Waals surface area contributed by atoms with Crippen molar-refractivity contribution < 1.29 is 9.18 Å². The average Bonchev–Trinajstić information content (AvgIpc) is 3.54. The van der Waals surface area contributed by atoms with Gasteiger partial charge < -0.3 is 9.88 Å². The second-order valence-corrected chi connectivity index (χ2v) is 8.14. The summed E-state index contributed by atoms with van der Waals surface area (Å²) < 4.78 is 14.9. The summed E-state index contributed by atoms with van der Waals surface area (Å²) in [5.74, 6) is -0.672. The topological polar surface area (TPSA) is 120 Å². The van der Waals surface area contributed by atoms with Crippen LogP contribution in [0.2, 0.25) is 0 Å². The van der Waals surface area contributed by atoms with Crippen LogP contribution in [0, 0.1) is 17.1 Å². The molecule has 5 rings (SSSR count). The third-order valence-corrected chi connectivity index (χ3v) is 6.00. The van der Waals surface area contributed by atoms with E-state index in [4.69, 9.17) is 0 Å². The van der Waals surface area contributed by atoms with E-state index in [1.807, 2.05) is 23.1 Å². The zero-order valence-electron chi connectivity index (χ0n) is 18.3. The molecule has 1 fully saturated rings. The number of piperazine rings is 1. The molecule has 1 atom stereocenters. The van der Waals surface area contributed by atoms with E-state index in [0.29, 0.717) is 39.1 Å². The largest absolute Gasteiger partial charge is 0.346 e. The molecule has 1 N–H and O–H groups in total. The van der Waals surface area contributed by atoms with Crippen molar-refractivity contribution in [2.75, 3.05) is 32.7 Å². The Labute approximate surface area is 202 Å². The Kier molecular flexibility index (Phi) is 7.12. The first-order valence-electron chi connectivity index (χ1n) is 10.9. The molecule has 0 radical (unpaired) electrons. The molecule has 1 aliphatic rings. The molecule has 0 aromatic carbocycles. The van der Waals surface area contributed by atoms with E-state index in [9.17, 15) is 14.4 Å². The normalized spacial score (nSPS) is 14.9. The van der Waals surface area contributed by atoms with Gasteiger partial charge in [-0.2, -0.15) is 10.4 Å². The number of hydrogen-bond donors (Lipinski definition) is 1. The van der Waals surface area contributed by atoms with Gasteiger partial charge in [-0.25, -0.2) is 19.3 Å². The number of aromatic amines is 1. The van der Waals surface area contributed by atoms with Crippen molar-refractivity contribution in [1.82, 2.24) is 39.5 Å². The number of halogens is 1. The van der Waals surface area contributed by atoms with Crippen molar-refractivity contribution in [3.8, 4) is 17.3 Å². The zero-order valence-corrected chi connectivity index (χ0v) is 18.3. The van der Waals surface area contributed by atoms with Gasteiger partial charge in [0.25, 0.3) is 5.91 Å². The lowest BCUT2D eigenvalue weighted by Gasteiger charge is -2.36. The lowest BCUT2D eigenvalue weighted by atomic mass is 10.1. The monoisotopic (exact) mass is 475 g/mol. The Morgan fingerprint density at radius 1 is 1.14 bits per heavy atom. The molecule has 0 aliphatic carbocycles. The molecule has 1 amide bonds. The van der Waals surface area contributed by atoms with E-state index in [2.05, 4.69) is 36.0 Å². The Bertz CT molecular complexity index is 1330. The number of aromatic nitrogens is 6. The van der Waals surface area contributed by atoms with E-state index in [1.54, 1.807) is 11.1 Å². The summed E-state index contributed by atoms with van der Waals surface area (Å²) in [6.07, 6.45) is 8.37. The standard InChI is InChI=1S/C23H22FN9O.CH4/c24-17-1-2-20(27-12-17)23(34)32-9-7-31(8-10-32)14-18(3-5-25)33-13-16(11-30-33)21-19-4-6-26-22(19)29-15-28-21;/h1-2,4,6,11-13,15,18H,3,7-10,14H2,(H,26,28,29);1H4. The third-order valence-electron chi connectivity index (χ3n) is 6.00. The molecule has 4 aromatic heterocycles. The molecular weight excluding hydrogens is 449 g/mol. The van der Waals surface area contributed by atoms with Crippen LogP contribution in [0.5, 0.6) is 0 Å². The summed E-state index contributed by atoms with van der Waals surface area (Å²) in [6.45, 7) is 3.04. The number of carbonyl (C=O) groups is 1. The van der Waals surface area contributed by atoms with Crippen LogP contribution >= 0.6 is 0 Å². The number of carbonyl (C=O) groups excluding carboxylic acids is 1. The summed E-state index contributed by atoms with van der Waals surface area (Å²) >= 11 is 0. The van der Waals surface area contributed by atoms with E-state index in [1.165, 1.54) is 18.5 Å². The van der Waals surface area contributed by atoms with Crippen molar-refractivity contribution in [2.24, 2.45) is 0 Å². The van der Waals surface area contributed by atoms with Crippen LogP contribution in [0.4, 0.5) is 4.39 Å². The SMILES string of the molecule is C.N#CCC(CN1CCN(C(=O)c2ccc(F)cn2)CC1)n1cc(-c2ncnc3[nH]ccc23)cn1. The van der Waals surface area contributed by atoms with Gasteiger partial charge in [0.05, 0.1) is 36.6 Å². The first-order valence-corrected chi connectivity index (χ1v) is 10.9. The summed E-state index contributed by atoms with van der Waals surface area (Å²) in [7, 11) is 0. The van der Waals surface area contributed by atoms with E-state index in [0.717, 1.165) is 28.5 Å². The van der Waals surface area contributed by atoms with Crippen molar-refractivity contribution in [3.63, 3.8) is 0 Å². The minimum atomic E-state index is -0.469. The number of hydrogen-bond acceptors (Lipinski definition) is 7. The molecule has 180 valence electrons. The minimum absolute atomic E-state index is 0. The average molecular weight is 476 g/mol. The molecule has 4 aromatic rings. The van der Waals surface area contributed by atoms with Crippen LogP contribution in [0.15, 0.2) is 49.3 Å². The van der Waals surface area contributed by atoms with Gasteiger partial charge in [0, 0.05) is 56.1 Å². The number of nitrogens with zero attached hydrogens (tertiary/aromatic N) is 8. The van der Waals surface area contributed by atoms with Gasteiger partial charge in [-0.1, -0.05) is 7.43 Å². The number of fused-ring (bicyclic) bond motifs is 1. The first kappa shape index (κ1) is 24.0. The Morgan fingerprint density at radius 2 is 1.97 bits per heavy atom. The first-order chi connectivity index (χ1) is 16.6. The van der Waals surface area contributed by atoms with E-state index in [-0.39, 0.29) is 25.1 Å². The number of amides is 1. The van der Waals surface area contributed by atoms with Gasteiger partial charge in [-0.05, 0) is 18.2 Å². The van der Waals surface area contributed by atoms with Crippen LogP contribution in [-0.2, 0) is 0 Å². The second-order valence-electron chi connectivity index (χ2n) is 8.14. The highest BCUT2D eigenvalue weighted by Crippen LogP contribution is 2.26. The highest BCUT2D eigenvalue weighted by Gasteiger charge is 2.25. The lowest BCUT2D eigenvalue weighted by molar-refractivity contribution is 0.0611. The van der Waals surface area contributed by atoms with Crippen LogP contribution in [0.25, 0.3) is 22.3 Å². The molecule has 1 unspecified atom stereocenters. The van der Waals surface area contributed by atoms with E-state index >= 15 is 0 Å². The maximum atomic E-state index is 13.1. The summed E-state index contributed by atoms with van der Waals surface area (Å²) in [5, 5.41) is 14.8. The zero-order chi connectivity index (χ0) is 23.5. The molecule has 0 saturated carbocycles. The number of pyridine rings is 1. The fourth-order valence-corrected chi connectivity index (χ4v) is 4.21. The molecule has 5 heterocycles. The summed E-state index contributed by atoms with van der Waals surface area (Å²) in [4.78, 5) is 32.2. The lowest BCUT2D eigenvalue weighted by Crippen LogP contribution is -2.50. The van der Waals surface area contributed by atoms with Gasteiger partial charge in [-0.3, -0.25) is 14.4 Å². The van der Waals surface area contributed by atoms with Gasteiger partial charge in [-0.15, -0.1) is 0 Å². The second kappa shape index (κ2) is 10.4. The molecule has 11 heteroatoms. The van der Waals surface area contributed by atoms with Crippen LogP contribution in [0.1, 0.15) is 30.4 Å². The molecular formula is C24H26FN9O. The van der Waals surface area contributed by atoms with Gasteiger partial charge in [0.15, 0.2) is 0 Å². The highest BCUT2D eigenvalue weighted by atomic mass is 19.1. The maximum absolute atomic E-state index is 13.1. The van der Waals surface area contributed by atoms with Crippen LogP contribution in [-0.4, -0.2) is 78.1 Å². The maximum Gasteiger partial charge on any atom is 0.272 e. The summed E-state index contributed by atoms with van der Waals surface area (Å²) in [6, 6.07) is 6.70. The van der Waals surface area contributed by atoms with Crippen molar-refractivity contribution in [2.45, 2.75) is 19.9 Å². The molecule has 0 bridgehead atoms. The Balaban J connectivity index is 0.00000289. The fourth-order valence-electron chi connectivity index (χ4n) is 4.21. The quantitative estimate of drug-likeness (QED) is 0.455. The Morgan fingerprint density at radius 3 is 2.71 bits per heavy atom. The number of nitrogens with one attached hydrogen (secondary N) is 1. The predicted molar refractivity (Wildman–Crippen MR) is 128 cm³/mol. The molecule has 1 saturated heterocycles. The van der Waals surface area contributed by atoms with Crippen molar-refractivity contribution >= 4 is 16.9 Å². The molecule has 10 nitrogen and oxygen atoms in total. The van der Waals surface area contributed by atoms with Gasteiger partial charge in [0.2, 0.25) is 0 Å². The Hall–Kier alpha value is -4.17. The van der Waals surface area contributed by atoms with Gasteiger partial charge in [0.1, 0.15) is 23.5 Å². The molecule has 1 aliphatic heterocycles. The number of H-pyrrole nitrogens is 1. The smallest absolute Gasteiger partial charge is 0.272 e. The van der Waals surface area contributed by atoms with E-state index < -0.39 is 5.82 Å². The van der Waals surface area contributed by atoms with Crippen molar-refractivity contribution in [3.05, 3.63) is 60.8 Å². The fraction of sp³-hybridized carbons (Fsp3) is 0.333. The van der Waals surface area contributed by atoms with Gasteiger partial charge >= 0.3 is 0 Å². The number of rotatable bonds is 6. The third kappa shape index (κ3) is 5.02. The van der Waals surface area contributed by atoms with Crippen molar-refractivity contribution in [1.29, 1.82) is 5.26 Å². The predicted octanol–water partition coefficient (Wildman–Crippen LogP) is 2.90.